The molecule has 0 saturated heterocycles. The zero-order chi connectivity index (χ0) is 13.2. The number of hydrogen-bond acceptors (Lipinski definition) is 3. The van der Waals surface area contributed by atoms with Crippen molar-refractivity contribution >= 4 is 45.1 Å². The molecule has 0 fully saturated rings. The summed E-state index contributed by atoms with van der Waals surface area (Å²) in [6.07, 6.45) is 1.75. The topological polar surface area (TPSA) is 29.4 Å². The molecule has 1 aromatic heterocycles. The molecule has 1 unspecified atom stereocenters. The highest BCUT2D eigenvalue weighted by molar-refractivity contribution is 7.85. The summed E-state index contributed by atoms with van der Waals surface area (Å²) in [7, 11) is -0.976. The third kappa shape index (κ3) is 2.81. The molecule has 1 aliphatic heterocycles. The lowest BCUT2D eigenvalue weighted by Crippen LogP contribution is -2.07. The first kappa shape index (κ1) is 13.0. The van der Waals surface area contributed by atoms with Crippen LogP contribution in [0.1, 0.15) is 17.7 Å². The average Bonchev–Trinajstić information content (AvgIpc) is 2.89. The number of nitrogens with zero attached hydrogens (tertiary/aromatic N) is 1. The van der Waals surface area contributed by atoms with E-state index in [9.17, 15) is 4.21 Å². The molecule has 0 radical (unpaired) electrons. The normalized spacial score (nSPS) is 19.2. The van der Waals surface area contributed by atoms with Gasteiger partial charge >= 0.3 is 0 Å². The first-order valence-electron chi connectivity index (χ1n) is 6.03. The molecule has 2 nitrogen and oxygen atoms in total. The smallest absolute Gasteiger partial charge is 0.0809 e. The van der Waals surface area contributed by atoms with Gasteiger partial charge in [0.25, 0.3) is 0 Å². The molecule has 3 rings (SSSR count). The van der Waals surface area contributed by atoms with Gasteiger partial charge in [-0.2, -0.15) is 0 Å². The summed E-state index contributed by atoms with van der Waals surface area (Å²) in [6.45, 7) is 0. The van der Waals surface area contributed by atoms with E-state index < -0.39 is 10.8 Å². The second-order valence-corrected chi connectivity index (χ2v) is 7.22. The summed E-state index contributed by atoms with van der Waals surface area (Å²) in [5.74, 6) is 0.680. The van der Waals surface area contributed by atoms with Crippen molar-refractivity contribution in [2.24, 2.45) is 4.99 Å². The fraction of sp³-hybridized carbons (Fsp3) is 0.214. The van der Waals surface area contributed by atoms with Gasteiger partial charge in [-0.3, -0.25) is 9.20 Å². The van der Waals surface area contributed by atoms with Gasteiger partial charge in [-0.1, -0.05) is 17.7 Å². The van der Waals surface area contributed by atoms with Crippen molar-refractivity contribution in [3.63, 3.8) is 0 Å². The molecular formula is C14H12ClNOS2. The van der Waals surface area contributed by atoms with Crippen molar-refractivity contribution in [2.75, 3.05) is 5.75 Å². The van der Waals surface area contributed by atoms with Crippen LogP contribution in [-0.4, -0.2) is 15.7 Å². The molecule has 0 spiro atoms. The molecule has 19 heavy (non-hydrogen) atoms. The number of benzene rings is 1. The summed E-state index contributed by atoms with van der Waals surface area (Å²) in [5.41, 5.74) is 1.81. The van der Waals surface area contributed by atoms with Crippen molar-refractivity contribution < 1.29 is 4.21 Å². The number of aliphatic imine (C=N–C) groups is 1. The quantitative estimate of drug-likeness (QED) is 0.766. The van der Waals surface area contributed by atoms with Gasteiger partial charge < -0.3 is 0 Å². The van der Waals surface area contributed by atoms with Gasteiger partial charge in [0.1, 0.15) is 0 Å². The molecular weight excluding hydrogens is 298 g/mol. The Bertz CT molecular complexity index is 649. The van der Waals surface area contributed by atoms with Gasteiger partial charge in [-0.25, -0.2) is 0 Å². The Morgan fingerprint density at radius 2 is 2.21 bits per heavy atom. The number of fused-ring (bicyclic) bond motifs is 1. The number of hydrogen-bond donors (Lipinski definition) is 0. The maximum absolute atomic E-state index is 12.2. The summed E-state index contributed by atoms with van der Waals surface area (Å²) < 4.78 is 12.2. The van der Waals surface area contributed by atoms with Gasteiger partial charge in [0, 0.05) is 15.7 Å². The van der Waals surface area contributed by atoms with Crippen LogP contribution in [0.4, 0.5) is 5.69 Å². The SMILES string of the molecule is O=S1CCCC(c2cccs2)=Nc2cc(Cl)ccc21. The van der Waals surface area contributed by atoms with Crippen LogP contribution in [-0.2, 0) is 10.8 Å². The number of thiophene rings is 1. The van der Waals surface area contributed by atoms with Crippen molar-refractivity contribution in [1.29, 1.82) is 0 Å². The molecule has 0 N–H and O–H groups in total. The number of halogens is 1. The Morgan fingerprint density at radius 1 is 1.32 bits per heavy atom. The first-order chi connectivity index (χ1) is 9.24. The lowest BCUT2D eigenvalue weighted by Gasteiger charge is -2.12. The highest BCUT2D eigenvalue weighted by Gasteiger charge is 2.16. The molecule has 0 amide bonds. The second-order valence-electron chi connectivity index (χ2n) is 4.30. The van der Waals surface area contributed by atoms with E-state index in [0.29, 0.717) is 10.8 Å². The van der Waals surface area contributed by atoms with Crippen LogP contribution < -0.4 is 0 Å². The zero-order valence-corrected chi connectivity index (χ0v) is 12.5. The van der Waals surface area contributed by atoms with Crippen LogP contribution in [0.2, 0.25) is 5.02 Å². The van der Waals surface area contributed by atoms with Crippen LogP contribution in [0.3, 0.4) is 0 Å². The lowest BCUT2D eigenvalue weighted by atomic mass is 10.2. The molecule has 0 aliphatic carbocycles. The Hall–Kier alpha value is -0.970. The first-order valence-corrected chi connectivity index (χ1v) is 8.61. The van der Waals surface area contributed by atoms with Gasteiger partial charge in [0.05, 0.1) is 27.1 Å². The second kappa shape index (κ2) is 5.57. The van der Waals surface area contributed by atoms with E-state index in [1.54, 1.807) is 23.5 Å². The summed E-state index contributed by atoms with van der Waals surface area (Å²) in [4.78, 5) is 6.67. The highest BCUT2D eigenvalue weighted by atomic mass is 35.5. The Balaban J connectivity index is 2.14. The van der Waals surface area contributed by atoms with E-state index in [1.807, 2.05) is 17.5 Å². The summed E-state index contributed by atoms with van der Waals surface area (Å²) in [6, 6.07) is 9.51. The van der Waals surface area contributed by atoms with Crippen LogP contribution in [0.15, 0.2) is 45.6 Å². The van der Waals surface area contributed by atoms with Crippen LogP contribution in [0.5, 0.6) is 0 Å². The van der Waals surface area contributed by atoms with E-state index in [1.165, 1.54) is 4.88 Å². The van der Waals surface area contributed by atoms with Crippen LogP contribution in [0, 0.1) is 0 Å². The minimum atomic E-state index is -0.976. The van der Waals surface area contributed by atoms with Crippen molar-refractivity contribution in [3.05, 3.63) is 45.6 Å². The largest absolute Gasteiger partial charge is 0.254 e. The minimum Gasteiger partial charge on any atom is -0.254 e. The van der Waals surface area contributed by atoms with Crippen molar-refractivity contribution in [1.82, 2.24) is 0 Å². The Labute approximate surface area is 123 Å². The summed E-state index contributed by atoms with van der Waals surface area (Å²) in [5, 5.41) is 2.68. The Kier molecular flexibility index (Phi) is 3.82. The van der Waals surface area contributed by atoms with Gasteiger partial charge in [-0.15, -0.1) is 11.3 Å². The van der Waals surface area contributed by atoms with Crippen LogP contribution >= 0.6 is 22.9 Å². The van der Waals surface area contributed by atoms with Gasteiger partial charge in [0.15, 0.2) is 0 Å². The zero-order valence-electron chi connectivity index (χ0n) is 10.1. The number of rotatable bonds is 1. The fourth-order valence-corrected chi connectivity index (χ4v) is 4.17. The molecule has 2 heterocycles. The molecule has 1 aliphatic rings. The third-order valence-electron chi connectivity index (χ3n) is 2.97. The monoisotopic (exact) mass is 309 g/mol. The standard InChI is InChI=1S/C14H12ClNOS2/c15-10-5-6-14-12(9-10)16-11(3-2-8-19(14)17)13-4-1-7-18-13/h1,4-7,9H,2-3,8H2. The molecule has 1 aromatic carbocycles. The van der Waals surface area contributed by atoms with E-state index in [4.69, 9.17) is 16.6 Å². The van der Waals surface area contributed by atoms with Crippen molar-refractivity contribution in [2.45, 2.75) is 17.7 Å². The Morgan fingerprint density at radius 3 is 3.00 bits per heavy atom. The summed E-state index contributed by atoms with van der Waals surface area (Å²) >= 11 is 7.71. The maximum Gasteiger partial charge on any atom is 0.0809 e. The average molecular weight is 310 g/mol. The van der Waals surface area contributed by atoms with E-state index in [0.717, 1.165) is 29.1 Å². The molecule has 2 aromatic rings. The molecule has 0 bridgehead atoms. The lowest BCUT2D eigenvalue weighted by molar-refractivity contribution is 0.681. The third-order valence-corrected chi connectivity index (χ3v) is 5.62. The van der Waals surface area contributed by atoms with Crippen molar-refractivity contribution in [3.8, 4) is 0 Å². The fourth-order valence-electron chi connectivity index (χ4n) is 2.07. The molecule has 98 valence electrons. The van der Waals surface area contributed by atoms with E-state index >= 15 is 0 Å². The molecule has 0 saturated carbocycles. The predicted molar refractivity (Wildman–Crippen MR) is 82.5 cm³/mol. The minimum absolute atomic E-state index is 0.630. The molecule has 5 heteroatoms. The highest BCUT2D eigenvalue weighted by Crippen LogP contribution is 2.30. The predicted octanol–water partition coefficient (Wildman–Crippen LogP) is 4.42. The van der Waals surface area contributed by atoms with Crippen LogP contribution in [0.25, 0.3) is 0 Å². The maximum atomic E-state index is 12.2. The van der Waals surface area contributed by atoms with Gasteiger partial charge in [-0.05, 0) is 42.5 Å². The molecule has 1 atom stereocenters. The van der Waals surface area contributed by atoms with E-state index in [2.05, 4.69) is 6.07 Å². The van der Waals surface area contributed by atoms with E-state index in [-0.39, 0.29) is 0 Å². The van der Waals surface area contributed by atoms with Gasteiger partial charge in [0.2, 0.25) is 0 Å².